The van der Waals surface area contributed by atoms with Crippen molar-refractivity contribution in [2.45, 2.75) is 24.7 Å². The monoisotopic (exact) mass is 313 g/mol. The molecule has 0 saturated carbocycles. The quantitative estimate of drug-likeness (QED) is 0.642. The van der Waals surface area contributed by atoms with Gasteiger partial charge in [0, 0.05) is 19.5 Å². The predicted molar refractivity (Wildman–Crippen MR) is 88.7 cm³/mol. The highest BCUT2D eigenvalue weighted by atomic mass is 32.2. The molecule has 0 unspecified atom stereocenters. The van der Waals surface area contributed by atoms with E-state index in [0.29, 0.717) is 6.42 Å². The molecule has 0 fully saturated rings. The summed E-state index contributed by atoms with van der Waals surface area (Å²) < 4.78 is 25.7. The first-order valence-electron chi connectivity index (χ1n) is 7.08. The molecule has 2 rings (SSSR count). The van der Waals surface area contributed by atoms with Crippen LogP contribution in [0.4, 0.5) is 0 Å². The molecular formula is C18H19NO2S. The number of hydrogen-bond acceptors (Lipinski definition) is 2. The normalized spacial score (nSPS) is 10.6. The number of rotatable bonds is 4. The van der Waals surface area contributed by atoms with E-state index in [1.165, 1.54) is 12.6 Å². The van der Waals surface area contributed by atoms with Gasteiger partial charge in [-0.3, -0.25) is 0 Å². The maximum atomic E-state index is 12.3. The van der Waals surface area contributed by atoms with Crippen LogP contribution in [0.25, 0.3) is 0 Å². The lowest BCUT2D eigenvalue weighted by molar-refractivity contribution is 0.547. The molecule has 114 valence electrons. The fourth-order valence-corrected chi connectivity index (χ4v) is 2.93. The third-order valence-corrected chi connectivity index (χ3v) is 4.98. The fourth-order valence-electron chi connectivity index (χ4n) is 1.95. The minimum atomic E-state index is -3.54. The Morgan fingerprint density at radius 1 is 1.00 bits per heavy atom. The summed E-state index contributed by atoms with van der Waals surface area (Å²) in [5.74, 6) is 2.92. The molecule has 0 N–H and O–H groups in total. The zero-order valence-electron chi connectivity index (χ0n) is 12.8. The lowest BCUT2D eigenvalue weighted by Gasteiger charge is -2.12. The second kappa shape index (κ2) is 7.15. The average Bonchev–Trinajstić information content (AvgIpc) is 2.52. The third-order valence-electron chi connectivity index (χ3n) is 3.30. The van der Waals surface area contributed by atoms with Gasteiger partial charge < -0.3 is 0 Å². The van der Waals surface area contributed by atoms with Crippen molar-refractivity contribution in [3.8, 4) is 12.0 Å². The van der Waals surface area contributed by atoms with Crippen LogP contribution in [0, 0.1) is 18.9 Å². The highest BCUT2D eigenvalue weighted by Crippen LogP contribution is 2.14. The maximum Gasteiger partial charge on any atom is 0.270 e. The molecule has 0 aromatic heterocycles. The van der Waals surface area contributed by atoms with E-state index in [-0.39, 0.29) is 4.90 Å². The van der Waals surface area contributed by atoms with Crippen molar-refractivity contribution in [3.05, 3.63) is 65.7 Å². The largest absolute Gasteiger partial charge is 0.270 e. The Hall–Kier alpha value is -2.25. The zero-order valence-corrected chi connectivity index (χ0v) is 13.6. The van der Waals surface area contributed by atoms with Gasteiger partial charge >= 0.3 is 0 Å². The molecule has 2 aromatic carbocycles. The summed E-state index contributed by atoms with van der Waals surface area (Å²) in [6.07, 6.45) is 1.43. The number of nitrogens with zero attached hydrogens (tertiary/aromatic N) is 1. The average molecular weight is 313 g/mol. The van der Waals surface area contributed by atoms with E-state index in [9.17, 15) is 8.42 Å². The summed E-state index contributed by atoms with van der Waals surface area (Å²) >= 11 is 0. The van der Waals surface area contributed by atoms with Crippen LogP contribution in [0.1, 0.15) is 17.5 Å². The van der Waals surface area contributed by atoms with E-state index in [1.807, 2.05) is 37.3 Å². The van der Waals surface area contributed by atoms with E-state index in [1.54, 1.807) is 24.3 Å². The number of aryl methyl sites for hydroxylation is 2. The van der Waals surface area contributed by atoms with Crippen molar-refractivity contribution < 1.29 is 8.42 Å². The summed E-state index contributed by atoms with van der Waals surface area (Å²) in [5, 5.41) is 0. The highest BCUT2D eigenvalue weighted by Gasteiger charge is 2.17. The Bertz CT molecular complexity index is 769. The van der Waals surface area contributed by atoms with Crippen molar-refractivity contribution in [1.82, 2.24) is 4.31 Å². The predicted octanol–water partition coefficient (Wildman–Crippen LogP) is 3.21. The van der Waals surface area contributed by atoms with Crippen LogP contribution in [0.3, 0.4) is 0 Å². The highest BCUT2D eigenvalue weighted by molar-refractivity contribution is 7.89. The van der Waals surface area contributed by atoms with Gasteiger partial charge in [-0.05, 0) is 31.0 Å². The molecule has 0 aliphatic rings. The molecule has 0 spiro atoms. The Labute approximate surface area is 132 Å². The van der Waals surface area contributed by atoms with E-state index in [4.69, 9.17) is 0 Å². The molecule has 0 radical (unpaired) electrons. The molecule has 0 saturated heterocycles. The van der Waals surface area contributed by atoms with Gasteiger partial charge in [0.1, 0.15) is 0 Å². The minimum Gasteiger partial charge on any atom is -0.228 e. The number of hydrogen-bond donors (Lipinski definition) is 0. The number of sulfonamides is 1. The summed E-state index contributed by atoms with van der Waals surface area (Å²) in [6, 6.07) is 19.5. The van der Waals surface area contributed by atoms with Gasteiger partial charge in [0.25, 0.3) is 10.0 Å². The van der Waals surface area contributed by atoms with E-state index >= 15 is 0 Å². The van der Waals surface area contributed by atoms with Crippen molar-refractivity contribution in [1.29, 1.82) is 0 Å². The Balaban J connectivity index is 2.01. The summed E-state index contributed by atoms with van der Waals surface area (Å²) in [7, 11) is -2.06. The Kier molecular flexibility index (Phi) is 5.24. The van der Waals surface area contributed by atoms with Crippen LogP contribution in [0.15, 0.2) is 59.5 Å². The van der Waals surface area contributed by atoms with Gasteiger partial charge in [-0.2, -0.15) is 0 Å². The van der Waals surface area contributed by atoms with Gasteiger partial charge in [-0.1, -0.05) is 53.9 Å². The fraction of sp³-hybridized carbons (Fsp3) is 0.222. The van der Waals surface area contributed by atoms with Crippen molar-refractivity contribution >= 4 is 10.0 Å². The lowest BCUT2D eigenvalue weighted by atomic mass is 10.1. The second-order valence-electron chi connectivity index (χ2n) is 5.06. The van der Waals surface area contributed by atoms with Gasteiger partial charge in [0.05, 0.1) is 4.90 Å². The molecular weight excluding hydrogens is 294 g/mol. The van der Waals surface area contributed by atoms with E-state index in [0.717, 1.165) is 16.3 Å². The van der Waals surface area contributed by atoms with Crippen LogP contribution >= 0.6 is 0 Å². The molecule has 3 nitrogen and oxygen atoms in total. The van der Waals surface area contributed by atoms with Gasteiger partial charge in [0.2, 0.25) is 0 Å². The molecule has 0 heterocycles. The van der Waals surface area contributed by atoms with Crippen LogP contribution in [0.5, 0.6) is 0 Å². The first-order chi connectivity index (χ1) is 10.5. The first-order valence-corrected chi connectivity index (χ1v) is 8.52. The molecule has 4 heteroatoms. The molecule has 22 heavy (non-hydrogen) atoms. The van der Waals surface area contributed by atoms with E-state index < -0.39 is 10.0 Å². The van der Waals surface area contributed by atoms with Gasteiger partial charge in [-0.15, -0.1) is 0 Å². The van der Waals surface area contributed by atoms with Crippen molar-refractivity contribution in [2.24, 2.45) is 0 Å². The molecule has 0 bridgehead atoms. The van der Waals surface area contributed by atoms with Crippen molar-refractivity contribution in [2.75, 3.05) is 7.05 Å². The van der Waals surface area contributed by atoms with Crippen LogP contribution < -0.4 is 0 Å². The van der Waals surface area contributed by atoms with Crippen LogP contribution in [-0.4, -0.2) is 19.8 Å². The maximum absolute atomic E-state index is 12.3. The van der Waals surface area contributed by atoms with Gasteiger partial charge in [0.15, 0.2) is 0 Å². The standard InChI is InChI=1S/C18H19NO2S/c1-16-11-13-18(14-12-16)22(20,21)19(2)15-7-6-10-17-8-4-3-5-9-17/h3-5,8-9,11-14H,6,10H2,1-2H3. The van der Waals surface area contributed by atoms with Crippen LogP contribution in [0.2, 0.25) is 0 Å². The SMILES string of the molecule is Cc1ccc(S(=O)(=O)N(C)C#CCCc2ccccc2)cc1. The van der Waals surface area contributed by atoms with E-state index in [2.05, 4.69) is 12.0 Å². The minimum absolute atomic E-state index is 0.262. The van der Waals surface area contributed by atoms with Crippen LogP contribution in [-0.2, 0) is 16.4 Å². The lowest BCUT2D eigenvalue weighted by Crippen LogP contribution is -2.22. The first kappa shape index (κ1) is 16.1. The summed E-state index contributed by atoms with van der Waals surface area (Å²) in [5.41, 5.74) is 2.22. The summed E-state index contributed by atoms with van der Waals surface area (Å²) in [4.78, 5) is 0.262. The van der Waals surface area contributed by atoms with Crippen molar-refractivity contribution in [3.63, 3.8) is 0 Å². The summed E-state index contributed by atoms with van der Waals surface area (Å²) in [6.45, 7) is 1.92. The Morgan fingerprint density at radius 2 is 1.64 bits per heavy atom. The zero-order chi connectivity index (χ0) is 16.0. The molecule has 0 atom stereocenters. The molecule has 0 aliphatic heterocycles. The smallest absolute Gasteiger partial charge is 0.228 e. The second-order valence-corrected chi connectivity index (χ2v) is 7.03. The van der Waals surface area contributed by atoms with Gasteiger partial charge in [-0.25, -0.2) is 12.7 Å². The molecule has 0 aliphatic carbocycles. The number of benzene rings is 2. The molecule has 2 aromatic rings. The third kappa shape index (κ3) is 4.12. The Morgan fingerprint density at radius 3 is 2.27 bits per heavy atom. The molecule has 0 amide bonds. The topological polar surface area (TPSA) is 37.4 Å².